The lowest BCUT2D eigenvalue weighted by Gasteiger charge is -2.29. The molecule has 0 aliphatic heterocycles. The van der Waals surface area contributed by atoms with Crippen LogP contribution in [0.25, 0.3) is 0 Å². The van der Waals surface area contributed by atoms with Crippen molar-refractivity contribution in [2.75, 3.05) is 18.7 Å². The molecule has 1 aliphatic rings. The zero-order chi connectivity index (χ0) is 14.0. The lowest BCUT2D eigenvalue weighted by atomic mass is 9.88. The number of hydrogen-bond donors (Lipinski definition) is 1. The van der Waals surface area contributed by atoms with Crippen LogP contribution in [-0.4, -0.2) is 37.8 Å². The van der Waals surface area contributed by atoms with E-state index in [-0.39, 0.29) is 5.41 Å². The Morgan fingerprint density at radius 2 is 1.83 bits per heavy atom. The van der Waals surface area contributed by atoms with Gasteiger partial charge in [0.15, 0.2) is 9.84 Å². The van der Waals surface area contributed by atoms with Gasteiger partial charge < -0.3 is 5.32 Å². The molecule has 0 unspecified atom stereocenters. The van der Waals surface area contributed by atoms with E-state index in [0.29, 0.717) is 12.4 Å². The summed E-state index contributed by atoms with van der Waals surface area (Å²) < 4.78 is 21.7. The summed E-state index contributed by atoms with van der Waals surface area (Å²) in [5, 5.41) is 2.76. The second kappa shape index (κ2) is 5.37. The van der Waals surface area contributed by atoms with Crippen molar-refractivity contribution in [2.24, 2.45) is 5.41 Å². The fourth-order valence-electron chi connectivity index (χ4n) is 2.13. The Bertz CT molecular complexity index is 411. The Balaban J connectivity index is 2.66. The van der Waals surface area contributed by atoms with Crippen LogP contribution in [0.4, 0.5) is 0 Å². The SMILES string of the molecule is CC(C)(C(=O)NCC1(CCl)CCCC1)S(C)(=O)=O. The number of carbonyl (C=O) groups excluding carboxylic acids is 1. The highest BCUT2D eigenvalue weighted by Crippen LogP contribution is 2.38. The molecule has 0 radical (unpaired) electrons. The minimum Gasteiger partial charge on any atom is -0.354 e. The molecule has 1 rings (SSSR count). The molecule has 0 aromatic rings. The molecule has 1 saturated carbocycles. The van der Waals surface area contributed by atoms with E-state index < -0.39 is 20.5 Å². The van der Waals surface area contributed by atoms with Crippen LogP contribution < -0.4 is 5.32 Å². The maximum Gasteiger partial charge on any atom is 0.240 e. The van der Waals surface area contributed by atoms with Crippen molar-refractivity contribution < 1.29 is 13.2 Å². The van der Waals surface area contributed by atoms with Crippen LogP contribution in [-0.2, 0) is 14.6 Å². The van der Waals surface area contributed by atoms with Crippen molar-refractivity contribution in [3.63, 3.8) is 0 Å². The molecule has 6 heteroatoms. The van der Waals surface area contributed by atoms with Gasteiger partial charge in [0.05, 0.1) is 0 Å². The number of halogens is 1. The van der Waals surface area contributed by atoms with Crippen molar-refractivity contribution in [3.8, 4) is 0 Å². The molecule has 0 aromatic heterocycles. The van der Waals surface area contributed by atoms with E-state index >= 15 is 0 Å². The third kappa shape index (κ3) is 3.18. The van der Waals surface area contributed by atoms with Crippen LogP contribution in [0.1, 0.15) is 39.5 Å². The Morgan fingerprint density at radius 3 is 2.22 bits per heavy atom. The predicted octanol–water partition coefficient (Wildman–Crippen LogP) is 1.73. The second-order valence-corrected chi connectivity index (χ2v) is 8.64. The first-order valence-electron chi connectivity index (χ1n) is 6.18. The van der Waals surface area contributed by atoms with Crippen molar-refractivity contribution >= 4 is 27.3 Å². The topological polar surface area (TPSA) is 63.2 Å². The van der Waals surface area contributed by atoms with E-state index in [1.54, 1.807) is 0 Å². The normalized spacial score (nSPS) is 19.8. The Morgan fingerprint density at radius 1 is 1.33 bits per heavy atom. The van der Waals surface area contributed by atoms with Gasteiger partial charge in [-0.3, -0.25) is 4.79 Å². The molecule has 106 valence electrons. The third-order valence-electron chi connectivity index (χ3n) is 4.05. The fourth-order valence-corrected chi connectivity index (χ4v) is 2.90. The first-order valence-corrected chi connectivity index (χ1v) is 8.61. The van der Waals surface area contributed by atoms with Crippen molar-refractivity contribution in [3.05, 3.63) is 0 Å². The van der Waals surface area contributed by atoms with Crippen LogP contribution in [0.15, 0.2) is 0 Å². The molecule has 0 heterocycles. The van der Waals surface area contributed by atoms with Gasteiger partial charge >= 0.3 is 0 Å². The van der Waals surface area contributed by atoms with E-state index in [9.17, 15) is 13.2 Å². The maximum atomic E-state index is 12.0. The molecule has 1 N–H and O–H groups in total. The molecule has 0 spiro atoms. The number of alkyl halides is 1. The third-order valence-corrected chi connectivity index (χ3v) is 6.65. The number of sulfone groups is 1. The van der Waals surface area contributed by atoms with Gasteiger partial charge in [0.2, 0.25) is 5.91 Å². The monoisotopic (exact) mass is 295 g/mol. The highest BCUT2D eigenvalue weighted by atomic mass is 35.5. The van der Waals surface area contributed by atoms with Gasteiger partial charge in [0.1, 0.15) is 4.75 Å². The summed E-state index contributed by atoms with van der Waals surface area (Å²) in [6.45, 7) is 3.33. The molecule has 18 heavy (non-hydrogen) atoms. The van der Waals surface area contributed by atoms with Gasteiger partial charge in [-0.25, -0.2) is 8.42 Å². The van der Waals surface area contributed by atoms with Gasteiger partial charge in [-0.15, -0.1) is 11.6 Å². The van der Waals surface area contributed by atoms with Crippen LogP contribution >= 0.6 is 11.6 Å². The van der Waals surface area contributed by atoms with Crippen molar-refractivity contribution in [1.82, 2.24) is 5.32 Å². The van der Waals surface area contributed by atoms with E-state index in [1.165, 1.54) is 13.8 Å². The number of nitrogens with one attached hydrogen (secondary N) is 1. The quantitative estimate of drug-likeness (QED) is 0.786. The standard InChI is InChI=1S/C12H22ClNO3S/c1-11(2,18(3,16)17)10(15)14-9-12(8-13)6-4-5-7-12/h4-9H2,1-3H3,(H,14,15). The van der Waals surface area contributed by atoms with Crippen LogP contribution in [0.5, 0.6) is 0 Å². The fraction of sp³-hybridized carbons (Fsp3) is 0.917. The Hall–Kier alpha value is -0.290. The summed E-state index contributed by atoms with van der Waals surface area (Å²) in [5.41, 5.74) is -0.0508. The van der Waals surface area contributed by atoms with E-state index in [1.807, 2.05) is 0 Å². The minimum atomic E-state index is -3.42. The Kier molecular flexibility index (Phi) is 4.70. The number of hydrogen-bond acceptors (Lipinski definition) is 3. The van der Waals surface area contributed by atoms with Gasteiger partial charge in [0, 0.05) is 24.1 Å². The average molecular weight is 296 g/mol. The highest BCUT2D eigenvalue weighted by molar-refractivity contribution is 7.92. The summed E-state index contributed by atoms with van der Waals surface area (Å²) in [6.07, 6.45) is 5.32. The minimum absolute atomic E-state index is 0.0508. The van der Waals surface area contributed by atoms with E-state index in [4.69, 9.17) is 11.6 Å². The first-order chi connectivity index (χ1) is 8.15. The molecule has 4 nitrogen and oxygen atoms in total. The summed E-state index contributed by atoms with van der Waals surface area (Å²) in [7, 11) is -3.42. The van der Waals surface area contributed by atoms with E-state index in [0.717, 1.165) is 31.9 Å². The average Bonchev–Trinajstić information content (AvgIpc) is 2.73. The molecule has 0 aromatic carbocycles. The molecule has 1 amide bonds. The second-order valence-electron chi connectivity index (χ2n) is 5.81. The number of carbonyl (C=O) groups is 1. The van der Waals surface area contributed by atoms with Crippen LogP contribution in [0, 0.1) is 5.41 Å². The molecule has 1 fully saturated rings. The van der Waals surface area contributed by atoms with Gasteiger partial charge in [-0.1, -0.05) is 12.8 Å². The van der Waals surface area contributed by atoms with Gasteiger partial charge in [-0.2, -0.15) is 0 Å². The molecule has 0 saturated heterocycles. The predicted molar refractivity (Wildman–Crippen MR) is 73.6 cm³/mol. The zero-order valence-corrected chi connectivity index (χ0v) is 12.8. The molecule has 0 bridgehead atoms. The zero-order valence-electron chi connectivity index (χ0n) is 11.3. The molecule has 0 atom stereocenters. The van der Waals surface area contributed by atoms with E-state index in [2.05, 4.69) is 5.32 Å². The summed E-state index contributed by atoms with van der Waals surface area (Å²) >= 11 is 5.98. The first kappa shape index (κ1) is 15.8. The maximum absolute atomic E-state index is 12.0. The summed E-state index contributed by atoms with van der Waals surface area (Å²) in [5.74, 6) is 0.0634. The smallest absolute Gasteiger partial charge is 0.240 e. The number of rotatable bonds is 5. The molecule has 1 aliphatic carbocycles. The van der Waals surface area contributed by atoms with Crippen molar-refractivity contribution in [2.45, 2.75) is 44.3 Å². The highest BCUT2D eigenvalue weighted by Gasteiger charge is 2.40. The van der Waals surface area contributed by atoms with Gasteiger partial charge in [-0.05, 0) is 26.7 Å². The van der Waals surface area contributed by atoms with Crippen LogP contribution in [0.2, 0.25) is 0 Å². The summed E-state index contributed by atoms with van der Waals surface area (Å²) in [4.78, 5) is 12.0. The lowest BCUT2D eigenvalue weighted by Crippen LogP contribution is -2.50. The molecular formula is C12H22ClNO3S. The molecular weight excluding hydrogens is 274 g/mol. The van der Waals surface area contributed by atoms with Crippen LogP contribution in [0.3, 0.4) is 0 Å². The number of amides is 1. The summed E-state index contributed by atoms with van der Waals surface area (Å²) in [6, 6.07) is 0. The van der Waals surface area contributed by atoms with Gasteiger partial charge in [0.25, 0.3) is 0 Å². The lowest BCUT2D eigenvalue weighted by molar-refractivity contribution is -0.123. The van der Waals surface area contributed by atoms with Crippen molar-refractivity contribution in [1.29, 1.82) is 0 Å². The Labute approximate surface area is 114 Å². The largest absolute Gasteiger partial charge is 0.354 e.